The number of nitrogens with zero attached hydrogens (tertiary/aromatic N) is 2. The first-order chi connectivity index (χ1) is 15.4. The van der Waals surface area contributed by atoms with Gasteiger partial charge in [-0.1, -0.05) is 42.5 Å². The smallest absolute Gasteiger partial charge is 0.271 e. The average molecular weight is 457 g/mol. The van der Waals surface area contributed by atoms with Crippen LogP contribution in [0.25, 0.3) is 0 Å². The monoisotopic (exact) mass is 456 g/mol. The zero-order valence-electron chi connectivity index (χ0n) is 17.5. The predicted octanol–water partition coefficient (Wildman–Crippen LogP) is 1.30. The molecular weight excluding hydrogens is 432 g/mol. The second-order valence-electron chi connectivity index (χ2n) is 6.90. The molecule has 0 atom stereocenters. The molecule has 32 heavy (non-hydrogen) atoms. The highest BCUT2D eigenvalue weighted by atomic mass is 32.2. The first-order valence-corrected chi connectivity index (χ1v) is 11.5. The fraction of sp³-hybridized carbons (Fsp3) is 0.227. The summed E-state index contributed by atoms with van der Waals surface area (Å²) in [7, 11) is -1.97. The van der Waals surface area contributed by atoms with Gasteiger partial charge in [-0.3, -0.25) is 9.59 Å². The van der Waals surface area contributed by atoms with E-state index < -0.39 is 15.9 Å². The van der Waals surface area contributed by atoms with Crippen LogP contribution >= 0.6 is 0 Å². The van der Waals surface area contributed by atoms with Crippen molar-refractivity contribution < 1.29 is 17.9 Å². The lowest BCUT2D eigenvalue weighted by atomic mass is 10.1. The number of carbonyl (C=O) groups excluding carboxylic acids is 1. The van der Waals surface area contributed by atoms with Gasteiger partial charge >= 0.3 is 0 Å². The molecule has 0 aliphatic heterocycles. The number of para-hydroxylation sites is 1. The van der Waals surface area contributed by atoms with Crippen LogP contribution in [0.5, 0.6) is 5.75 Å². The quantitative estimate of drug-likeness (QED) is 0.475. The molecule has 9 nitrogen and oxygen atoms in total. The van der Waals surface area contributed by atoms with Gasteiger partial charge in [-0.2, -0.15) is 5.10 Å². The van der Waals surface area contributed by atoms with Crippen molar-refractivity contribution in [1.82, 2.24) is 19.8 Å². The minimum atomic E-state index is -3.34. The van der Waals surface area contributed by atoms with Gasteiger partial charge in [-0.25, -0.2) is 17.8 Å². The number of carbonyl (C=O) groups is 1. The largest absolute Gasteiger partial charge is 0.492 e. The minimum Gasteiger partial charge on any atom is -0.492 e. The van der Waals surface area contributed by atoms with E-state index in [0.29, 0.717) is 11.3 Å². The Morgan fingerprint density at radius 1 is 1.00 bits per heavy atom. The number of sulfonamides is 1. The normalized spacial score (nSPS) is 11.2. The molecule has 3 aromatic rings. The Kier molecular flexibility index (Phi) is 7.74. The lowest BCUT2D eigenvalue weighted by molar-refractivity contribution is 0.0943. The van der Waals surface area contributed by atoms with E-state index in [9.17, 15) is 18.0 Å². The summed E-state index contributed by atoms with van der Waals surface area (Å²) >= 11 is 0. The van der Waals surface area contributed by atoms with Gasteiger partial charge in [-0.05, 0) is 36.4 Å². The van der Waals surface area contributed by atoms with Crippen LogP contribution in [0.2, 0.25) is 0 Å². The number of ether oxygens (including phenoxy) is 1. The van der Waals surface area contributed by atoms with Gasteiger partial charge in [0.2, 0.25) is 10.0 Å². The third kappa shape index (κ3) is 6.76. The summed E-state index contributed by atoms with van der Waals surface area (Å²) in [6.45, 7) is 0.666. The highest BCUT2D eigenvalue weighted by molar-refractivity contribution is 7.88. The molecule has 0 spiro atoms. The highest BCUT2D eigenvalue weighted by Gasteiger charge is 2.11. The van der Waals surface area contributed by atoms with Crippen LogP contribution in [-0.2, 0) is 28.9 Å². The number of hydrogen-bond acceptors (Lipinski definition) is 6. The van der Waals surface area contributed by atoms with Gasteiger partial charge in [0, 0.05) is 12.6 Å². The van der Waals surface area contributed by atoms with Crippen molar-refractivity contribution >= 4 is 15.9 Å². The molecule has 0 aliphatic rings. The lowest BCUT2D eigenvalue weighted by Gasteiger charge is -2.09. The number of benzene rings is 2. The summed E-state index contributed by atoms with van der Waals surface area (Å²) in [6, 6.07) is 18.8. The molecule has 3 rings (SSSR count). The molecule has 0 fully saturated rings. The number of amides is 1. The topological polar surface area (TPSA) is 119 Å². The van der Waals surface area contributed by atoms with Crippen molar-refractivity contribution in [1.29, 1.82) is 0 Å². The predicted molar refractivity (Wildman–Crippen MR) is 120 cm³/mol. The van der Waals surface area contributed by atoms with E-state index in [0.717, 1.165) is 5.56 Å². The minimum absolute atomic E-state index is 0.112. The molecule has 0 saturated carbocycles. The van der Waals surface area contributed by atoms with Crippen molar-refractivity contribution in [2.24, 2.45) is 0 Å². The van der Waals surface area contributed by atoms with E-state index in [1.54, 1.807) is 24.3 Å². The fourth-order valence-corrected chi connectivity index (χ4v) is 3.59. The second kappa shape index (κ2) is 10.7. The summed E-state index contributed by atoms with van der Waals surface area (Å²) < 4.78 is 32.2. The number of rotatable bonds is 10. The molecule has 2 aromatic carbocycles. The van der Waals surface area contributed by atoms with Crippen molar-refractivity contribution in [3.05, 3.63) is 93.9 Å². The standard InChI is InChI=1S/C22H24N4O5S/c1-23-32(29,30)16-18-9-7-17(8-10-18)15-24-22(28)20-11-12-21(27)26(25-20)13-14-31-19-5-3-2-4-6-19/h2-12,23H,13-16H2,1H3,(H,24,28). The average Bonchev–Trinajstić information content (AvgIpc) is 2.80. The summed E-state index contributed by atoms with van der Waals surface area (Å²) in [4.78, 5) is 24.5. The molecule has 1 aromatic heterocycles. The van der Waals surface area contributed by atoms with Crippen LogP contribution in [0, 0.1) is 0 Å². The van der Waals surface area contributed by atoms with E-state index >= 15 is 0 Å². The van der Waals surface area contributed by atoms with Crippen LogP contribution in [0.1, 0.15) is 21.6 Å². The van der Waals surface area contributed by atoms with E-state index in [-0.39, 0.29) is 36.7 Å². The summed E-state index contributed by atoms with van der Waals surface area (Å²) in [5.74, 6) is 0.142. The highest BCUT2D eigenvalue weighted by Crippen LogP contribution is 2.09. The molecule has 0 unspecified atom stereocenters. The van der Waals surface area contributed by atoms with E-state index in [1.165, 1.54) is 23.9 Å². The molecule has 168 valence electrons. The Hall–Kier alpha value is -3.50. The van der Waals surface area contributed by atoms with E-state index in [1.807, 2.05) is 30.3 Å². The molecule has 0 aliphatic carbocycles. The van der Waals surface area contributed by atoms with Crippen LogP contribution in [-0.4, -0.2) is 37.8 Å². The van der Waals surface area contributed by atoms with Crippen molar-refractivity contribution in [3.63, 3.8) is 0 Å². The Bertz CT molecular complexity index is 1210. The molecule has 2 N–H and O–H groups in total. The first-order valence-electron chi connectivity index (χ1n) is 9.89. The van der Waals surface area contributed by atoms with Gasteiger partial charge < -0.3 is 10.1 Å². The van der Waals surface area contributed by atoms with Crippen molar-refractivity contribution in [2.75, 3.05) is 13.7 Å². The Labute approximate surface area is 186 Å². The maximum Gasteiger partial charge on any atom is 0.271 e. The van der Waals surface area contributed by atoms with Gasteiger partial charge in [0.1, 0.15) is 18.1 Å². The SMILES string of the molecule is CNS(=O)(=O)Cc1ccc(CNC(=O)c2ccc(=O)n(CCOc3ccccc3)n2)cc1. The maximum absolute atomic E-state index is 12.5. The number of nitrogens with one attached hydrogen (secondary N) is 2. The zero-order chi connectivity index (χ0) is 23.0. The Balaban J connectivity index is 1.55. The molecule has 1 heterocycles. The number of hydrogen-bond donors (Lipinski definition) is 2. The third-order valence-electron chi connectivity index (χ3n) is 4.56. The molecule has 0 saturated heterocycles. The lowest BCUT2D eigenvalue weighted by Crippen LogP contribution is -2.30. The summed E-state index contributed by atoms with van der Waals surface area (Å²) in [5.41, 5.74) is 1.22. The van der Waals surface area contributed by atoms with E-state index in [4.69, 9.17) is 4.74 Å². The van der Waals surface area contributed by atoms with Crippen LogP contribution in [0.4, 0.5) is 0 Å². The molecule has 0 bridgehead atoms. The summed E-state index contributed by atoms with van der Waals surface area (Å²) in [6.07, 6.45) is 0. The van der Waals surface area contributed by atoms with Crippen molar-refractivity contribution in [3.8, 4) is 5.75 Å². The van der Waals surface area contributed by atoms with Crippen LogP contribution < -0.4 is 20.3 Å². The zero-order valence-corrected chi connectivity index (χ0v) is 18.3. The molecule has 10 heteroatoms. The van der Waals surface area contributed by atoms with Gasteiger partial charge in [0.15, 0.2) is 0 Å². The Morgan fingerprint density at radius 2 is 1.69 bits per heavy atom. The van der Waals surface area contributed by atoms with E-state index in [2.05, 4.69) is 15.1 Å². The molecule has 0 radical (unpaired) electrons. The molecular formula is C22H24N4O5S. The second-order valence-corrected chi connectivity index (χ2v) is 8.83. The summed E-state index contributed by atoms with van der Waals surface area (Å²) in [5, 5.41) is 6.86. The molecule has 1 amide bonds. The van der Waals surface area contributed by atoms with Crippen molar-refractivity contribution in [2.45, 2.75) is 18.8 Å². The Morgan fingerprint density at radius 3 is 2.38 bits per heavy atom. The van der Waals surface area contributed by atoms with Gasteiger partial charge in [-0.15, -0.1) is 0 Å². The van der Waals surface area contributed by atoms with Gasteiger partial charge in [0.05, 0.1) is 12.3 Å². The van der Waals surface area contributed by atoms with Crippen LogP contribution in [0.3, 0.4) is 0 Å². The van der Waals surface area contributed by atoms with Crippen LogP contribution in [0.15, 0.2) is 71.5 Å². The number of aromatic nitrogens is 2. The van der Waals surface area contributed by atoms with Gasteiger partial charge in [0.25, 0.3) is 11.5 Å². The fourth-order valence-electron chi connectivity index (χ4n) is 2.81. The maximum atomic E-state index is 12.5. The third-order valence-corrected chi connectivity index (χ3v) is 5.89. The first kappa shape index (κ1) is 23.2.